The quantitative estimate of drug-likeness (QED) is 0.737. The Bertz CT molecular complexity index is 665. The van der Waals surface area contributed by atoms with E-state index >= 15 is 0 Å². The van der Waals surface area contributed by atoms with Crippen LogP contribution in [0.25, 0.3) is 5.69 Å². The number of nitrogens with zero attached hydrogens (tertiary/aromatic N) is 2. The predicted octanol–water partition coefficient (Wildman–Crippen LogP) is 3.81. The summed E-state index contributed by atoms with van der Waals surface area (Å²) in [5.41, 5.74) is 2.38. The molecule has 0 bridgehead atoms. The smallest absolute Gasteiger partial charge is 0.254 e. The number of carbonyl (C=O) groups excluding carboxylic acids is 1. The van der Waals surface area contributed by atoms with Crippen LogP contribution in [0.5, 0.6) is 0 Å². The second kappa shape index (κ2) is 8.85. The zero-order valence-corrected chi connectivity index (χ0v) is 15.1. The molecule has 2 rings (SSSR count). The van der Waals surface area contributed by atoms with Gasteiger partial charge < -0.3 is 10.1 Å². The molecule has 1 N–H and O–H groups in total. The van der Waals surface area contributed by atoms with Gasteiger partial charge in [0.25, 0.3) is 5.91 Å². The first kappa shape index (κ1) is 18.5. The normalized spacial score (nSPS) is 11.0. The summed E-state index contributed by atoms with van der Waals surface area (Å²) in [7, 11) is 0. The molecule has 0 saturated heterocycles. The van der Waals surface area contributed by atoms with E-state index in [9.17, 15) is 4.79 Å². The first-order valence-electron chi connectivity index (χ1n) is 8.24. The number of benzene rings is 1. The summed E-state index contributed by atoms with van der Waals surface area (Å²) in [4.78, 5) is 12.5. The predicted molar refractivity (Wildman–Crippen MR) is 96.1 cm³/mol. The molecule has 0 unspecified atom stereocenters. The number of hydrogen-bond acceptors (Lipinski definition) is 3. The fourth-order valence-corrected chi connectivity index (χ4v) is 2.62. The Kier molecular flexibility index (Phi) is 6.82. The SMILES string of the molecule is CCOCCCNC(=O)c1cnn(-c2ccc(Cl)cc2)c1C(C)C. The molecule has 1 aromatic carbocycles. The number of aromatic nitrogens is 2. The van der Waals surface area contributed by atoms with Crippen molar-refractivity contribution in [2.75, 3.05) is 19.8 Å². The molecule has 0 saturated carbocycles. The number of hydrogen-bond donors (Lipinski definition) is 1. The number of amides is 1. The van der Waals surface area contributed by atoms with Crippen molar-refractivity contribution in [3.05, 3.63) is 46.7 Å². The Hall–Kier alpha value is -1.85. The minimum Gasteiger partial charge on any atom is -0.382 e. The van der Waals surface area contributed by atoms with Crippen LogP contribution in [0.15, 0.2) is 30.5 Å². The van der Waals surface area contributed by atoms with E-state index in [0.717, 1.165) is 17.8 Å². The van der Waals surface area contributed by atoms with E-state index in [1.807, 2.05) is 31.2 Å². The van der Waals surface area contributed by atoms with Crippen LogP contribution in [-0.2, 0) is 4.74 Å². The molecular formula is C18H24ClN3O2. The fourth-order valence-electron chi connectivity index (χ4n) is 2.49. The van der Waals surface area contributed by atoms with Gasteiger partial charge >= 0.3 is 0 Å². The minimum absolute atomic E-state index is 0.101. The number of halogens is 1. The summed E-state index contributed by atoms with van der Waals surface area (Å²) in [6.45, 7) is 7.99. The number of nitrogens with one attached hydrogen (secondary N) is 1. The van der Waals surface area contributed by atoms with Crippen LogP contribution < -0.4 is 5.32 Å². The van der Waals surface area contributed by atoms with Gasteiger partial charge in [-0.1, -0.05) is 25.4 Å². The van der Waals surface area contributed by atoms with Gasteiger partial charge in [0, 0.05) is 24.8 Å². The summed E-state index contributed by atoms with van der Waals surface area (Å²) in [6.07, 6.45) is 2.42. The molecule has 0 aliphatic heterocycles. The van der Waals surface area contributed by atoms with Crippen LogP contribution in [0.4, 0.5) is 0 Å². The molecule has 0 radical (unpaired) electrons. The van der Waals surface area contributed by atoms with Crippen molar-refractivity contribution in [2.24, 2.45) is 0 Å². The van der Waals surface area contributed by atoms with Crippen molar-refractivity contribution in [1.29, 1.82) is 0 Å². The summed E-state index contributed by atoms with van der Waals surface area (Å²) in [5, 5.41) is 8.01. The third-order valence-corrected chi connectivity index (χ3v) is 3.88. The van der Waals surface area contributed by atoms with Crippen LogP contribution >= 0.6 is 11.6 Å². The third kappa shape index (κ3) is 4.58. The van der Waals surface area contributed by atoms with E-state index < -0.39 is 0 Å². The number of ether oxygens (including phenoxy) is 1. The molecule has 0 fully saturated rings. The minimum atomic E-state index is -0.101. The molecule has 130 valence electrons. The second-order valence-corrected chi connectivity index (χ2v) is 6.23. The monoisotopic (exact) mass is 349 g/mol. The molecule has 1 aromatic heterocycles. The highest BCUT2D eigenvalue weighted by Crippen LogP contribution is 2.23. The van der Waals surface area contributed by atoms with Crippen molar-refractivity contribution >= 4 is 17.5 Å². The number of carbonyl (C=O) groups is 1. The second-order valence-electron chi connectivity index (χ2n) is 5.79. The van der Waals surface area contributed by atoms with E-state index in [4.69, 9.17) is 16.3 Å². The Balaban J connectivity index is 2.16. The zero-order valence-electron chi connectivity index (χ0n) is 14.4. The lowest BCUT2D eigenvalue weighted by Crippen LogP contribution is -2.26. The maximum absolute atomic E-state index is 12.5. The first-order chi connectivity index (χ1) is 11.5. The molecule has 0 aliphatic carbocycles. The van der Waals surface area contributed by atoms with Gasteiger partial charge in [-0.3, -0.25) is 4.79 Å². The molecule has 0 atom stereocenters. The van der Waals surface area contributed by atoms with Crippen LogP contribution in [0.2, 0.25) is 5.02 Å². The van der Waals surface area contributed by atoms with Crippen LogP contribution in [0.3, 0.4) is 0 Å². The average molecular weight is 350 g/mol. The van der Waals surface area contributed by atoms with E-state index in [1.165, 1.54) is 0 Å². The van der Waals surface area contributed by atoms with E-state index in [0.29, 0.717) is 30.3 Å². The van der Waals surface area contributed by atoms with Gasteiger partial charge in [0.2, 0.25) is 0 Å². The van der Waals surface area contributed by atoms with Gasteiger partial charge in [-0.25, -0.2) is 4.68 Å². The Morgan fingerprint density at radius 2 is 2.04 bits per heavy atom. The summed E-state index contributed by atoms with van der Waals surface area (Å²) in [5.74, 6) is 0.0581. The zero-order chi connectivity index (χ0) is 17.5. The summed E-state index contributed by atoms with van der Waals surface area (Å²) < 4.78 is 7.08. The van der Waals surface area contributed by atoms with Crippen molar-refractivity contribution < 1.29 is 9.53 Å². The average Bonchev–Trinajstić information content (AvgIpc) is 3.00. The molecule has 24 heavy (non-hydrogen) atoms. The lowest BCUT2D eigenvalue weighted by Gasteiger charge is -2.13. The van der Waals surface area contributed by atoms with E-state index in [1.54, 1.807) is 10.9 Å². The van der Waals surface area contributed by atoms with Crippen molar-refractivity contribution in [3.63, 3.8) is 0 Å². The molecule has 0 spiro atoms. The largest absolute Gasteiger partial charge is 0.382 e. The van der Waals surface area contributed by atoms with Gasteiger partial charge in [-0.05, 0) is 43.5 Å². The Labute approximate surface area is 148 Å². The van der Waals surface area contributed by atoms with Gasteiger partial charge in [0.05, 0.1) is 23.1 Å². The fraction of sp³-hybridized carbons (Fsp3) is 0.444. The lowest BCUT2D eigenvalue weighted by atomic mass is 10.0. The third-order valence-electron chi connectivity index (χ3n) is 3.62. The number of rotatable bonds is 8. The lowest BCUT2D eigenvalue weighted by molar-refractivity contribution is 0.0943. The van der Waals surface area contributed by atoms with E-state index in [-0.39, 0.29) is 11.8 Å². The van der Waals surface area contributed by atoms with E-state index in [2.05, 4.69) is 24.3 Å². The van der Waals surface area contributed by atoms with Crippen LogP contribution in [0, 0.1) is 0 Å². The highest BCUT2D eigenvalue weighted by atomic mass is 35.5. The maximum atomic E-state index is 12.5. The Morgan fingerprint density at radius 1 is 1.33 bits per heavy atom. The van der Waals surface area contributed by atoms with Crippen molar-refractivity contribution in [1.82, 2.24) is 15.1 Å². The van der Waals surface area contributed by atoms with Gasteiger partial charge in [0.1, 0.15) is 0 Å². The first-order valence-corrected chi connectivity index (χ1v) is 8.62. The van der Waals surface area contributed by atoms with Crippen LogP contribution in [-0.4, -0.2) is 35.4 Å². The molecule has 6 heteroatoms. The summed E-state index contributed by atoms with van der Waals surface area (Å²) in [6, 6.07) is 7.42. The van der Waals surface area contributed by atoms with Gasteiger partial charge in [-0.2, -0.15) is 5.10 Å². The summed E-state index contributed by atoms with van der Waals surface area (Å²) >= 11 is 5.95. The van der Waals surface area contributed by atoms with Crippen molar-refractivity contribution in [3.8, 4) is 5.69 Å². The van der Waals surface area contributed by atoms with Gasteiger partial charge in [-0.15, -0.1) is 0 Å². The Morgan fingerprint density at radius 3 is 2.67 bits per heavy atom. The molecule has 1 heterocycles. The van der Waals surface area contributed by atoms with Crippen LogP contribution in [0.1, 0.15) is 49.2 Å². The topological polar surface area (TPSA) is 56.1 Å². The standard InChI is InChI=1S/C18H24ClN3O2/c1-4-24-11-5-10-20-18(23)16-12-21-22(17(16)13(2)3)15-8-6-14(19)7-9-15/h6-9,12-13H,4-5,10-11H2,1-3H3,(H,20,23). The maximum Gasteiger partial charge on any atom is 0.254 e. The van der Waals surface area contributed by atoms with Crippen molar-refractivity contribution in [2.45, 2.75) is 33.1 Å². The highest BCUT2D eigenvalue weighted by molar-refractivity contribution is 6.30. The molecule has 0 aliphatic rings. The molecule has 1 amide bonds. The highest BCUT2D eigenvalue weighted by Gasteiger charge is 2.20. The molecular weight excluding hydrogens is 326 g/mol. The van der Waals surface area contributed by atoms with Gasteiger partial charge in [0.15, 0.2) is 0 Å². The molecule has 5 nitrogen and oxygen atoms in total. The molecule has 2 aromatic rings.